The predicted molar refractivity (Wildman–Crippen MR) is 153 cm³/mol. The Balaban J connectivity index is 0.00000320. The number of nitrogens with zero attached hydrogens (tertiary/aromatic N) is 1. The average Bonchev–Trinajstić information content (AvgIpc) is 3.26. The molecule has 0 aromatic heterocycles. The van der Waals surface area contributed by atoms with Gasteiger partial charge >= 0.3 is 0 Å². The monoisotopic (exact) mass is 556 g/mol. The molecule has 2 aliphatic rings. The van der Waals surface area contributed by atoms with E-state index in [0.717, 1.165) is 37.1 Å². The van der Waals surface area contributed by atoms with Crippen molar-refractivity contribution in [3.63, 3.8) is 0 Å². The zero-order valence-corrected chi connectivity index (χ0v) is 22.9. The first-order chi connectivity index (χ1) is 17.5. The van der Waals surface area contributed by atoms with Crippen molar-refractivity contribution in [3.05, 3.63) is 111 Å². The molecule has 7 heteroatoms. The van der Waals surface area contributed by atoms with Crippen molar-refractivity contribution in [3.8, 4) is 0 Å². The van der Waals surface area contributed by atoms with E-state index in [-0.39, 0.29) is 23.7 Å². The van der Waals surface area contributed by atoms with Crippen LogP contribution in [0, 0.1) is 0 Å². The Morgan fingerprint density at radius 1 is 0.946 bits per heavy atom. The molecule has 1 aliphatic carbocycles. The van der Waals surface area contributed by atoms with Crippen LogP contribution in [0.25, 0.3) is 6.08 Å². The Bertz CT molecular complexity index is 1240. The molecule has 1 amide bonds. The summed E-state index contributed by atoms with van der Waals surface area (Å²) in [6.07, 6.45) is 6.42. The van der Waals surface area contributed by atoms with Gasteiger partial charge in [0.1, 0.15) is 6.04 Å². The molecule has 1 saturated heterocycles. The van der Waals surface area contributed by atoms with Crippen LogP contribution >= 0.6 is 35.6 Å². The highest BCUT2D eigenvalue weighted by Crippen LogP contribution is 2.43. The van der Waals surface area contributed by atoms with Gasteiger partial charge in [0.05, 0.1) is 23.3 Å². The number of halogens is 3. The van der Waals surface area contributed by atoms with Crippen molar-refractivity contribution < 1.29 is 9.53 Å². The number of carbonyl (C=O) groups excluding carboxylic acids is 1. The molecule has 1 spiro atoms. The summed E-state index contributed by atoms with van der Waals surface area (Å²) in [6.45, 7) is 2.70. The summed E-state index contributed by atoms with van der Waals surface area (Å²) in [6, 6.07) is 23.7. The summed E-state index contributed by atoms with van der Waals surface area (Å²) in [7, 11) is 0. The summed E-state index contributed by atoms with van der Waals surface area (Å²) in [5, 5.41) is 4.43. The lowest BCUT2D eigenvalue weighted by Gasteiger charge is -2.40. The highest BCUT2D eigenvalue weighted by atomic mass is 35.5. The van der Waals surface area contributed by atoms with Gasteiger partial charge in [0.15, 0.2) is 0 Å². The van der Waals surface area contributed by atoms with Crippen molar-refractivity contribution in [2.24, 2.45) is 0 Å². The summed E-state index contributed by atoms with van der Waals surface area (Å²) < 4.78 is 6.00. The van der Waals surface area contributed by atoms with Crippen molar-refractivity contribution in [1.82, 2.24) is 10.2 Å². The molecule has 3 aromatic rings. The van der Waals surface area contributed by atoms with Gasteiger partial charge in [-0.15, -0.1) is 12.4 Å². The predicted octanol–water partition coefficient (Wildman–Crippen LogP) is 6.68. The summed E-state index contributed by atoms with van der Waals surface area (Å²) in [4.78, 5) is 15.6. The average molecular weight is 558 g/mol. The van der Waals surface area contributed by atoms with E-state index in [1.165, 1.54) is 11.1 Å². The number of likely N-dealkylation sites (tertiary alicyclic amines) is 1. The molecular formula is C30H31Cl3N2O2. The minimum Gasteiger partial charge on any atom is -0.375 e. The van der Waals surface area contributed by atoms with Crippen molar-refractivity contribution in [1.29, 1.82) is 0 Å². The van der Waals surface area contributed by atoms with Crippen LogP contribution in [0.5, 0.6) is 0 Å². The number of hydrogen-bond donors (Lipinski definition) is 1. The van der Waals surface area contributed by atoms with Crippen LogP contribution in [0.15, 0.2) is 78.9 Å². The molecule has 194 valence electrons. The maximum atomic E-state index is 13.7. The molecule has 0 radical (unpaired) electrons. The smallest absolute Gasteiger partial charge is 0.242 e. The van der Waals surface area contributed by atoms with Gasteiger partial charge in [0.2, 0.25) is 5.91 Å². The number of fused-ring (bicyclic) bond motifs is 2. The fraction of sp³-hybridized carbons (Fsp3) is 0.300. The van der Waals surface area contributed by atoms with E-state index in [1.807, 2.05) is 47.4 Å². The quantitative estimate of drug-likeness (QED) is 0.336. The number of rotatable bonds is 8. The zero-order chi connectivity index (χ0) is 25.0. The van der Waals surface area contributed by atoms with Gasteiger partial charge < -0.3 is 9.64 Å². The Morgan fingerprint density at radius 3 is 2.43 bits per heavy atom. The fourth-order valence-corrected chi connectivity index (χ4v) is 5.52. The lowest BCUT2D eigenvalue weighted by molar-refractivity contribution is -0.136. The van der Waals surface area contributed by atoms with Crippen molar-refractivity contribution >= 4 is 47.6 Å². The Labute approximate surface area is 235 Å². The highest BCUT2D eigenvalue weighted by Gasteiger charge is 2.39. The largest absolute Gasteiger partial charge is 0.375 e. The number of allylic oxidation sites excluding steroid dienone is 1. The van der Waals surface area contributed by atoms with Crippen molar-refractivity contribution in [2.75, 3.05) is 19.7 Å². The number of benzene rings is 3. The van der Waals surface area contributed by atoms with Gasteiger partial charge in [0, 0.05) is 25.0 Å². The minimum absolute atomic E-state index is 0. The highest BCUT2D eigenvalue weighted by molar-refractivity contribution is 6.42. The van der Waals surface area contributed by atoms with E-state index in [1.54, 1.807) is 6.07 Å². The number of hydrogen-bond acceptors (Lipinski definition) is 3. The second-order valence-electron chi connectivity index (χ2n) is 9.58. The Morgan fingerprint density at radius 2 is 1.68 bits per heavy atom. The molecule has 0 saturated carbocycles. The Kier molecular flexibility index (Phi) is 9.33. The lowest BCUT2D eigenvalue weighted by Crippen LogP contribution is -2.52. The topological polar surface area (TPSA) is 41.6 Å². The van der Waals surface area contributed by atoms with E-state index in [2.05, 4.69) is 41.7 Å². The first-order valence-corrected chi connectivity index (χ1v) is 13.2. The lowest BCUT2D eigenvalue weighted by atomic mass is 9.74. The summed E-state index contributed by atoms with van der Waals surface area (Å²) >= 11 is 12.3. The molecule has 1 fully saturated rings. The van der Waals surface area contributed by atoms with Crippen LogP contribution in [-0.2, 0) is 28.1 Å². The third kappa shape index (κ3) is 6.39. The summed E-state index contributed by atoms with van der Waals surface area (Å²) in [5.74, 6) is 0.0771. The van der Waals surface area contributed by atoms with Crippen LogP contribution in [0.3, 0.4) is 0 Å². The molecule has 0 unspecified atom stereocenters. The number of amides is 1. The maximum absolute atomic E-state index is 13.7. The third-order valence-corrected chi connectivity index (χ3v) is 8.02. The normalized spacial score (nSPS) is 16.3. The molecule has 1 atom stereocenters. The molecule has 1 heterocycles. The third-order valence-electron chi connectivity index (χ3n) is 7.28. The minimum atomic E-state index is -0.455. The number of ether oxygens (including phenoxy) is 1. The second kappa shape index (κ2) is 12.5. The van der Waals surface area contributed by atoms with E-state index >= 15 is 0 Å². The van der Waals surface area contributed by atoms with Gasteiger partial charge in [-0.05, 0) is 47.2 Å². The maximum Gasteiger partial charge on any atom is 0.242 e. The molecule has 1 aliphatic heterocycles. The number of nitrogens with one attached hydrogen (secondary N) is 1. The molecular weight excluding hydrogens is 527 g/mol. The number of piperidine rings is 1. The zero-order valence-electron chi connectivity index (χ0n) is 20.5. The van der Waals surface area contributed by atoms with Crippen LogP contribution < -0.4 is 5.32 Å². The van der Waals surface area contributed by atoms with Crippen molar-refractivity contribution in [2.45, 2.75) is 37.5 Å². The van der Waals surface area contributed by atoms with Crippen LogP contribution in [0.1, 0.15) is 35.1 Å². The van der Waals surface area contributed by atoms with Crippen LogP contribution in [-0.4, -0.2) is 36.5 Å². The molecule has 4 nitrogen and oxygen atoms in total. The van der Waals surface area contributed by atoms with E-state index in [9.17, 15) is 4.79 Å². The SMILES string of the molecule is Cl.O=C([C@H](COCc1ccccc1)NCc1ccc(Cl)c(Cl)c1)N1CCC2(C=Cc3ccccc32)CC1. The van der Waals surface area contributed by atoms with Gasteiger partial charge in [-0.25, -0.2) is 0 Å². The second-order valence-corrected chi connectivity index (χ2v) is 10.4. The van der Waals surface area contributed by atoms with Crippen LogP contribution in [0.4, 0.5) is 0 Å². The molecule has 1 N–H and O–H groups in total. The van der Waals surface area contributed by atoms with Crippen LogP contribution in [0.2, 0.25) is 10.0 Å². The number of carbonyl (C=O) groups is 1. The first kappa shape index (κ1) is 27.7. The molecule has 0 bridgehead atoms. The van der Waals surface area contributed by atoms with E-state index < -0.39 is 6.04 Å². The first-order valence-electron chi connectivity index (χ1n) is 12.4. The molecule has 3 aromatic carbocycles. The van der Waals surface area contributed by atoms with Gasteiger partial charge in [-0.2, -0.15) is 0 Å². The van der Waals surface area contributed by atoms with E-state index in [4.69, 9.17) is 27.9 Å². The Hall–Kier alpha value is -2.34. The summed E-state index contributed by atoms with van der Waals surface area (Å²) in [5.41, 5.74) is 4.78. The standard InChI is InChI=1S/C30H30Cl2N2O2.ClH/c31-26-11-10-23(18-27(26)32)19-33-28(21-36-20-22-6-2-1-3-7-22)29(35)34-16-14-30(15-17-34)13-12-24-8-4-5-9-25(24)30;/h1-13,18,28,33H,14-17,19-21H2;1H/t28-;/m0./s1. The van der Waals surface area contributed by atoms with Gasteiger partial charge in [-0.1, -0.05) is 96.0 Å². The molecule has 37 heavy (non-hydrogen) atoms. The molecule has 5 rings (SSSR count). The van der Waals surface area contributed by atoms with Gasteiger partial charge in [0.25, 0.3) is 0 Å². The van der Waals surface area contributed by atoms with E-state index in [0.29, 0.717) is 29.8 Å². The fourth-order valence-electron chi connectivity index (χ4n) is 5.19. The van der Waals surface area contributed by atoms with Gasteiger partial charge in [-0.3, -0.25) is 10.1 Å².